The molecular formula is C24H16F4N2O. The first kappa shape index (κ1) is 20.5. The molecule has 31 heavy (non-hydrogen) atoms. The fourth-order valence-corrected chi connectivity index (χ4v) is 3.40. The van der Waals surface area contributed by atoms with E-state index in [2.05, 4.69) is 10.3 Å². The molecular weight excluding hydrogens is 408 g/mol. The zero-order valence-corrected chi connectivity index (χ0v) is 16.1. The molecule has 0 aliphatic heterocycles. The largest absolute Gasteiger partial charge is 0.419 e. The van der Waals surface area contributed by atoms with Crippen molar-refractivity contribution >= 4 is 22.4 Å². The highest BCUT2D eigenvalue weighted by Crippen LogP contribution is 2.33. The van der Waals surface area contributed by atoms with Crippen LogP contribution in [0, 0.1) is 5.82 Å². The fraction of sp³-hybridized carbons (Fsp3) is 0.0833. The lowest BCUT2D eigenvalue weighted by molar-refractivity contribution is -0.139. The molecule has 1 heterocycles. The van der Waals surface area contributed by atoms with Crippen LogP contribution >= 0.6 is 0 Å². The van der Waals surface area contributed by atoms with Gasteiger partial charge in [-0.3, -0.25) is 9.78 Å². The quantitative estimate of drug-likeness (QED) is 0.394. The van der Waals surface area contributed by atoms with E-state index >= 15 is 0 Å². The summed E-state index contributed by atoms with van der Waals surface area (Å²) in [5.41, 5.74) is 0.893. The number of anilines is 1. The molecule has 156 valence electrons. The van der Waals surface area contributed by atoms with Gasteiger partial charge in [0.15, 0.2) is 0 Å². The van der Waals surface area contributed by atoms with E-state index in [1.807, 2.05) is 36.4 Å². The normalized spacial score (nSPS) is 11.5. The topological polar surface area (TPSA) is 42.0 Å². The van der Waals surface area contributed by atoms with Crippen LogP contribution in [0.5, 0.6) is 0 Å². The Labute approximate surface area is 175 Å². The van der Waals surface area contributed by atoms with E-state index in [0.29, 0.717) is 29.5 Å². The van der Waals surface area contributed by atoms with E-state index in [4.69, 9.17) is 0 Å². The molecule has 0 fully saturated rings. The first-order chi connectivity index (χ1) is 14.8. The summed E-state index contributed by atoms with van der Waals surface area (Å²) in [5.74, 6) is -1.97. The first-order valence-electron chi connectivity index (χ1n) is 9.40. The Bertz CT molecular complexity index is 1250. The first-order valence-corrected chi connectivity index (χ1v) is 9.40. The van der Waals surface area contributed by atoms with E-state index in [0.717, 1.165) is 22.6 Å². The van der Waals surface area contributed by atoms with Gasteiger partial charge in [0.25, 0.3) is 5.91 Å². The fourth-order valence-electron chi connectivity index (χ4n) is 3.40. The van der Waals surface area contributed by atoms with E-state index in [1.54, 1.807) is 24.5 Å². The predicted octanol–water partition coefficient (Wildman–Crippen LogP) is 6.24. The molecule has 7 heteroatoms. The lowest BCUT2D eigenvalue weighted by Crippen LogP contribution is -2.14. The molecule has 0 atom stereocenters. The molecule has 0 saturated carbocycles. The number of carbonyl (C=O) groups excluding carboxylic acids is 1. The molecule has 4 aromatic rings. The van der Waals surface area contributed by atoms with Gasteiger partial charge in [0.2, 0.25) is 0 Å². The zero-order valence-electron chi connectivity index (χ0n) is 16.1. The Morgan fingerprint density at radius 1 is 0.903 bits per heavy atom. The monoisotopic (exact) mass is 424 g/mol. The zero-order chi connectivity index (χ0) is 22.0. The molecule has 1 amide bonds. The highest BCUT2D eigenvalue weighted by molar-refractivity contribution is 6.13. The van der Waals surface area contributed by atoms with Gasteiger partial charge in [-0.2, -0.15) is 13.2 Å². The molecule has 1 N–H and O–H groups in total. The molecule has 3 aromatic carbocycles. The number of aromatic nitrogens is 1. The van der Waals surface area contributed by atoms with Crippen LogP contribution in [-0.4, -0.2) is 10.9 Å². The number of fused-ring (bicyclic) bond motifs is 1. The molecule has 0 radical (unpaired) electrons. The number of benzene rings is 3. The van der Waals surface area contributed by atoms with Crippen molar-refractivity contribution in [1.82, 2.24) is 4.98 Å². The molecule has 0 bridgehead atoms. The average molecular weight is 424 g/mol. The summed E-state index contributed by atoms with van der Waals surface area (Å²) < 4.78 is 52.3. The average Bonchev–Trinajstić information content (AvgIpc) is 2.74. The maximum Gasteiger partial charge on any atom is 0.419 e. The second-order valence-electron chi connectivity index (χ2n) is 7.04. The summed E-state index contributed by atoms with van der Waals surface area (Å²) >= 11 is 0. The van der Waals surface area contributed by atoms with E-state index in [1.165, 1.54) is 0 Å². The minimum Gasteiger partial charge on any atom is -0.322 e. The SMILES string of the molecule is O=C(Nc1ccc(F)c(C(F)(F)F)c1)c1cccc2cc(Cc3ccncc3)ccc12. The Morgan fingerprint density at radius 3 is 2.42 bits per heavy atom. The maximum absolute atomic E-state index is 13.5. The predicted molar refractivity (Wildman–Crippen MR) is 110 cm³/mol. The van der Waals surface area contributed by atoms with Gasteiger partial charge in [0.1, 0.15) is 5.82 Å². The molecule has 3 nitrogen and oxygen atoms in total. The highest BCUT2D eigenvalue weighted by atomic mass is 19.4. The summed E-state index contributed by atoms with van der Waals surface area (Å²) in [5, 5.41) is 3.92. The minimum absolute atomic E-state index is 0.134. The number of hydrogen-bond donors (Lipinski definition) is 1. The van der Waals surface area contributed by atoms with Gasteiger partial charge in [-0.15, -0.1) is 0 Å². The lowest BCUT2D eigenvalue weighted by atomic mass is 9.98. The maximum atomic E-state index is 13.5. The third kappa shape index (κ3) is 4.55. The van der Waals surface area contributed by atoms with Crippen molar-refractivity contribution in [2.45, 2.75) is 12.6 Å². The van der Waals surface area contributed by atoms with Gasteiger partial charge in [0, 0.05) is 23.6 Å². The molecule has 0 spiro atoms. The summed E-state index contributed by atoms with van der Waals surface area (Å²) in [4.78, 5) is 16.8. The molecule has 0 aliphatic rings. The second-order valence-corrected chi connectivity index (χ2v) is 7.04. The number of amides is 1. The van der Waals surface area contributed by atoms with E-state index < -0.39 is 23.5 Å². The van der Waals surface area contributed by atoms with Gasteiger partial charge in [-0.25, -0.2) is 4.39 Å². The minimum atomic E-state index is -4.85. The number of pyridine rings is 1. The molecule has 0 aliphatic carbocycles. The summed E-state index contributed by atoms with van der Waals surface area (Å²) in [7, 11) is 0. The van der Waals surface area contributed by atoms with Crippen molar-refractivity contribution in [3.05, 3.63) is 107 Å². The van der Waals surface area contributed by atoms with Gasteiger partial charge >= 0.3 is 6.18 Å². The summed E-state index contributed by atoms with van der Waals surface area (Å²) in [6.45, 7) is 0. The Hall–Kier alpha value is -3.74. The highest BCUT2D eigenvalue weighted by Gasteiger charge is 2.34. The third-order valence-corrected chi connectivity index (χ3v) is 4.88. The van der Waals surface area contributed by atoms with Gasteiger partial charge < -0.3 is 5.32 Å². The van der Waals surface area contributed by atoms with Gasteiger partial charge in [-0.05, 0) is 64.7 Å². The smallest absolute Gasteiger partial charge is 0.322 e. The van der Waals surface area contributed by atoms with Crippen LogP contribution in [0.2, 0.25) is 0 Å². The van der Waals surface area contributed by atoms with Crippen LogP contribution < -0.4 is 5.32 Å². The van der Waals surface area contributed by atoms with Crippen LogP contribution in [0.4, 0.5) is 23.2 Å². The summed E-state index contributed by atoms with van der Waals surface area (Å²) in [6, 6.07) is 17.1. The third-order valence-electron chi connectivity index (χ3n) is 4.88. The molecule has 0 saturated heterocycles. The van der Waals surface area contributed by atoms with Gasteiger partial charge in [0.05, 0.1) is 5.56 Å². The van der Waals surface area contributed by atoms with E-state index in [9.17, 15) is 22.4 Å². The van der Waals surface area contributed by atoms with Crippen molar-refractivity contribution in [3.8, 4) is 0 Å². The Morgan fingerprint density at radius 2 is 1.68 bits per heavy atom. The number of carbonyl (C=O) groups is 1. The molecule has 0 unspecified atom stereocenters. The van der Waals surface area contributed by atoms with Crippen LogP contribution in [0.3, 0.4) is 0 Å². The summed E-state index contributed by atoms with van der Waals surface area (Å²) in [6.07, 6.45) is -0.711. The number of hydrogen-bond acceptors (Lipinski definition) is 2. The van der Waals surface area contributed by atoms with Crippen molar-refractivity contribution in [1.29, 1.82) is 0 Å². The number of nitrogens with zero attached hydrogens (tertiary/aromatic N) is 1. The number of alkyl halides is 3. The van der Waals surface area contributed by atoms with Crippen molar-refractivity contribution in [2.75, 3.05) is 5.32 Å². The second kappa shape index (κ2) is 8.18. The van der Waals surface area contributed by atoms with Crippen LogP contribution in [0.25, 0.3) is 10.8 Å². The van der Waals surface area contributed by atoms with E-state index in [-0.39, 0.29) is 5.69 Å². The van der Waals surface area contributed by atoms with Gasteiger partial charge in [-0.1, -0.05) is 30.3 Å². The van der Waals surface area contributed by atoms with Crippen molar-refractivity contribution in [3.63, 3.8) is 0 Å². The molecule has 1 aromatic heterocycles. The Balaban J connectivity index is 1.61. The van der Waals surface area contributed by atoms with Crippen molar-refractivity contribution in [2.24, 2.45) is 0 Å². The number of rotatable bonds is 4. The number of nitrogens with one attached hydrogen (secondary N) is 1. The van der Waals surface area contributed by atoms with Crippen LogP contribution in [0.15, 0.2) is 79.1 Å². The number of halogens is 4. The molecule has 4 rings (SSSR count). The van der Waals surface area contributed by atoms with Crippen LogP contribution in [-0.2, 0) is 12.6 Å². The van der Waals surface area contributed by atoms with Crippen molar-refractivity contribution < 1.29 is 22.4 Å². The van der Waals surface area contributed by atoms with Crippen LogP contribution in [0.1, 0.15) is 27.0 Å². The lowest BCUT2D eigenvalue weighted by Gasteiger charge is -2.12. The Kier molecular flexibility index (Phi) is 5.42. The standard InChI is InChI=1S/C24H16F4N2O/c25-22-7-5-18(14-21(22)24(26,27)28)30-23(31)20-3-1-2-17-13-16(4-6-19(17)20)12-15-8-10-29-11-9-15/h1-11,13-14H,12H2,(H,30,31).